The first-order valence-electron chi connectivity index (χ1n) is 10.5. The second kappa shape index (κ2) is 8.17. The van der Waals surface area contributed by atoms with Gasteiger partial charge in [0.05, 0.1) is 12.2 Å². The molecule has 0 aromatic carbocycles. The van der Waals surface area contributed by atoms with E-state index in [2.05, 4.69) is 14.8 Å². The van der Waals surface area contributed by atoms with Gasteiger partial charge in [-0.15, -0.1) is 0 Å². The van der Waals surface area contributed by atoms with E-state index in [4.69, 9.17) is 9.97 Å². The van der Waals surface area contributed by atoms with Crippen molar-refractivity contribution in [1.82, 2.24) is 15.0 Å². The van der Waals surface area contributed by atoms with E-state index in [9.17, 15) is 10.2 Å². The molecule has 0 bridgehead atoms. The Morgan fingerprint density at radius 1 is 0.929 bits per heavy atom. The molecule has 2 aliphatic rings. The molecule has 0 amide bonds. The summed E-state index contributed by atoms with van der Waals surface area (Å²) in [7, 11) is 0. The van der Waals surface area contributed by atoms with Gasteiger partial charge in [0, 0.05) is 44.2 Å². The molecule has 2 aromatic rings. The fraction of sp³-hybridized carbons (Fsp3) is 0.667. The van der Waals surface area contributed by atoms with E-state index in [1.54, 1.807) is 6.20 Å². The standard InChI is InChI=1S/C21H31N5O2/c1-14(27)16-6-4-10-25(12-16)20-21(24-19-18(23-20)8-3-9-22-19)26-11-5-7-17(13-26)15(2)28/h3,8-9,14-17,27-28H,4-7,10-13H2,1-2H3. The number of nitrogens with zero attached hydrogens (tertiary/aromatic N) is 5. The summed E-state index contributed by atoms with van der Waals surface area (Å²) >= 11 is 0. The van der Waals surface area contributed by atoms with Crippen LogP contribution in [0.1, 0.15) is 39.5 Å². The van der Waals surface area contributed by atoms with Crippen LogP contribution < -0.4 is 9.80 Å². The topological polar surface area (TPSA) is 85.6 Å². The van der Waals surface area contributed by atoms with Crippen LogP contribution in [-0.2, 0) is 0 Å². The largest absolute Gasteiger partial charge is 0.393 e. The van der Waals surface area contributed by atoms with E-state index < -0.39 is 0 Å². The first-order valence-corrected chi connectivity index (χ1v) is 10.5. The van der Waals surface area contributed by atoms with Gasteiger partial charge in [-0.25, -0.2) is 15.0 Å². The van der Waals surface area contributed by atoms with Crippen molar-refractivity contribution in [3.05, 3.63) is 18.3 Å². The number of aliphatic hydroxyl groups is 2. The van der Waals surface area contributed by atoms with Crippen molar-refractivity contribution in [2.75, 3.05) is 36.0 Å². The fourth-order valence-electron chi connectivity index (χ4n) is 4.49. The molecule has 2 aliphatic heterocycles. The quantitative estimate of drug-likeness (QED) is 0.835. The fourth-order valence-corrected chi connectivity index (χ4v) is 4.49. The SMILES string of the molecule is CC(O)C1CCCN(c2nc3cccnc3nc2N2CCCC(C(C)O)C2)C1. The molecule has 2 N–H and O–H groups in total. The summed E-state index contributed by atoms with van der Waals surface area (Å²) in [4.78, 5) is 18.8. The number of aromatic nitrogens is 3. The Bertz CT molecular complexity index is 746. The van der Waals surface area contributed by atoms with E-state index in [0.717, 1.165) is 69.0 Å². The number of rotatable bonds is 4. The van der Waals surface area contributed by atoms with Crippen molar-refractivity contribution in [3.8, 4) is 0 Å². The summed E-state index contributed by atoms with van der Waals surface area (Å²) in [5.41, 5.74) is 1.45. The Hall–Kier alpha value is -1.99. The Morgan fingerprint density at radius 3 is 2.07 bits per heavy atom. The lowest BCUT2D eigenvalue weighted by Gasteiger charge is -2.39. The highest BCUT2D eigenvalue weighted by atomic mass is 16.3. The summed E-state index contributed by atoms with van der Waals surface area (Å²) < 4.78 is 0. The minimum atomic E-state index is -0.326. The third-order valence-electron chi connectivity index (χ3n) is 6.28. The maximum Gasteiger partial charge on any atom is 0.180 e. The van der Waals surface area contributed by atoms with Crippen LogP contribution in [0.25, 0.3) is 11.2 Å². The van der Waals surface area contributed by atoms with Crippen LogP contribution in [0.5, 0.6) is 0 Å². The van der Waals surface area contributed by atoms with Crippen LogP contribution in [-0.4, -0.2) is 63.6 Å². The van der Waals surface area contributed by atoms with Crippen molar-refractivity contribution in [2.45, 2.75) is 51.7 Å². The Balaban J connectivity index is 1.72. The van der Waals surface area contributed by atoms with Crippen LogP contribution in [0.4, 0.5) is 11.6 Å². The molecule has 7 nitrogen and oxygen atoms in total. The molecule has 2 fully saturated rings. The van der Waals surface area contributed by atoms with Gasteiger partial charge in [0.15, 0.2) is 17.3 Å². The van der Waals surface area contributed by atoms with Gasteiger partial charge >= 0.3 is 0 Å². The molecular weight excluding hydrogens is 354 g/mol. The highest BCUT2D eigenvalue weighted by molar-refractivity contribution is 5.78. The number of fused-ring (bicyclic) bond motifs is 1. The molecule has 2 saturated heterocycles. The first kappa shape index (κ1) is 19.3. The normalized spacial score (nSPS) is 25.7. The predicted octanol–water partition coefficient (Wildman–Crippen LogP) is 2.22. The minimum absolute atomic E-state index is 0.245. The van der Waals surface area contributed by atoms with E-state index >= 15 is 0 Å². The van der Waals surface area contributed by atoms with Crippen LogP contribution >= 0.6 is 0 Å². The van der Waals surface area contributed by atoms with E-state index in [1.807, 2.05) is 26.0 Å². The molecule has 0 saturated carbocycles. The minimum Gasteiger partial charge on any atom is -0.393 e. The molecule has 28 heavy (non-hydrogen) atoms. The molecule has 0 spiro atoms. The van der Waals surface area contributed by atoms with Gasteiger partial charge in [-0.2, -0.15) is 0 Å². The molecule has 4 rings (SSSR count). The van der Waals surface area contributed by atoms with Crippen LogP contribution in [0.3, 0.4) is 0 Å². The van der Waals surface area contributed by atoms with Gasteiger partial charge in [-0.1, -0.05) is 0 Å². The van der Waals surface area contributed by atoms with Crippen molar-refractivity contribution >= 4 is 22.8 Å². The second-order valence-corrected chi connectivity index (χ2v) is 8.39. The number of aliphatic hydroxyl groups excluding tert-OH is 2. The zero-order chi connectivity index (χ0) is 19.7. The number of pyridine rings is 1. The first-order chi connectivity index (χ1) is 13.5. The van der Waals surface area contributed by atoms with E-state index in [-0.39, 0.29) is 24.0 Å². The summed E-state index contributed by atoms with van der Waals surface area (Å²) in [5.74, 6) is 2.24. The molecule has 7 heteroatoms. The van der Waals surface area contributed by atoms with E-state index in [1.165, 1.54) is 0 Å². The smallest absolute Gasteiger partial charge is 0.180 e. The Morgan fingerprint density at radius 2 is 1.50 bits per heavy atom. The van der Waals surface area contributed by atoms with Gasteiger partial charge in [0.2, 0.25) is 0 Å². The van der Waals surface area contributed by atoms with Gasteiger partial charge in [0.1, 0.15) is 5.52 Å². The van der Waals surface area contributed by atoms with Gasteiger partial charge in [-0.3, -0.25) is 0 Å². The van der Waals surface area contributed by atoms with Gasteiger partial charge in [-0.05, 0) is 51.7 Å². The second-order valence-electron chi connectivity index (χ2n) is 8.39. The lowest BCUT2D eigenvalue weighted by Crippen LogP contribution is -2.43. The maximum absolute atomic E-state index is 10.1. The molecule has 4 atom stereocenters. The summed E-state index contributed by atoms with van der Waals surface area (Å²) in [6.07, 6.45) is 5.25. The third kappa shape index (κ3) is 3.91. The number of anilines is 2. The van der Waals surface area contributed by atoms with E-state index in [0.29, 0.717) is 5.65 Å². The predicted molar refractivity (Wildman–Crippen MR) is 111 cm³/mol. The highest BCUT2D eigenvalue weighted by Crippen LogP contribution is 2.34. The van der Waals surface area contributed by atoms with Crippen molar-refractivity contribution in [2.24, 2.45) is 11.8 Å². The molecule has 0 radical (unpaired) electrons. The molecular formula is C21H31N5O2. The van der Waals surface area contributed by atoms with Gasteiger partial charge in [0.25, 0.3) is 0 Å². The van der Waals surface area contributed by atoms with Crippen molar-refractivity contribution < 1.29 is 10.2 Å². The average Bonchev–Trinajstić information content (AvgIpc) is 2.73. The molecule has 152 valence electrons. The van der Waals surface area contributed by atoms with Crippen LogP contribution in [0, 0.1) is 11.8 Å². The number of hydrogen-bond acceptors (Lipinski definition) is 7. The summed E-state index contributed by atoms with van der Waals surface area (Å²) in [6.45, 7) is 7.16. The summed E-state index contributed by atoms with van der Waals surface area (Å²) in [6, 6.07) is 3.84. The zero-order valence-corrected chi connectivity index (χ0v) is 16.8. The lowest BCUT2D eigenvalue weighted by molar-refractivity contribution is 0.114. The number of hydrogen-bond donors (Lipinski definition) is 2. The summed E-state index contributed by atoms with van der Waals surface area (Å²) in [5, 5.41) is 20.2. The van der Waals surface area contributed by atoms with Gasteiger partial charge < -0.3 is 20.0 Å². The highest BCUT2D eigenvalue weighted by Gasteiger charge is 2.31. The molecule has 4 unspecified atom stereocenters. The monoisotopic (exact) mass is 385 g/mol. The van der Waals surface area contributed by atoms with Crippen molar-refractivity contribution in [3.63, 3.8) is 0 Å². The zero-order valence-electron chi connectivity index (χ0n) is 16.8. The average molecular weight is 386 g/mol. The molecule has 4 heterocycles. The lowest BCUT2D eigenvalue weighted by atomic mass is 9.92. The number of piperidine rings is 2. The van der Waals surface area contributed by atoms with Crippen molar-refractivity contribution in [1.29, 1.82) is 0 Å². The Kier molecular flexibility index (Phi) is 5.64. The molecule has 0 aliphatic carbocycles. The van der Waals surface area contributed by atoms with Crippen LogP contribution in [0.2, 0.25) is 0 Å². The third-order valence-corrected chi connectivity index (χ3v) is 6.28. The molecule has 2 aromatic heterocycles. The van der Waals surface area contributed by atoms with Crippen LogP contribution in [0.15, 0.2) is 18.3 Å². The maximum atomic E-state index is 10.1. The Labute approximate surface area is 166 Å².